The van der Waals surface area contributed by atoms with Crippen molar-refractivity contribution < 1.29 is 9.52 Å². The van der Waals surface area contributed by atoms with Gasteiger partial charge in [-0.05, 0) is 17.7 Å². The maximum absolute atomic E-state index is 9.60. The Kier molecular flexibility index (Phi) is 3.79. The summed E-state index contributed by atoms with van der Waals surface area (Å²) in [5, 5.41) is 18.0. The van der Waals surface area contributed by atoms with Gasteiger partial charge in [0.2, 0.25) is 0 Å². The summed E-state index contributed by atoms with van der Waals surface area (Å²) in [5.41, 5.74) is 7.76. The van der Waals surface area contributed by atoms with Crippen LogP contribution in [0.25, 0.3) is 11.5 Å². The van der Waals surface area contributed by atoms with Crippen LogP contribution < -0.4 is 5.73 Å². The highest BCUT2D eigenvalue weighted by molar-refractivity contribution is 7.98. The number of hydrogen-bond donors (Lipinski definition) is 2. The van der Waals surface area contributed by atoms with Crippen molar-refractivity contribution in [3.8, 4) is 17.2 Å². The molecule has 2 aromatic carbocycles. The zero-order valence-electron chi connectivity index (χ0n) is 11.1. The highest BCUT2D eigenvalue weighted by Gasteiger charge is 2.13. The largest absolute Gasteiger partial charge is 0.506 e. The minimum atomic E-state index is 0.00388. The van der Waals surface area contributed by atoms with Gasteiger partial charge in [0.1, 0.15) is 5.75 Å². The number of phenolic OH excluding ortho intramolecular Hbond substituents is 1. The predicted molar refractivity (Wildman–Crippen MR) is 81.8 cm³/mol. The molecular formula is C15H13N3O2S. The molecule has 0 saturated carbocycles. The average Bonchev–Trinajstić information content (AvgIpc) is 2.98. The van der Waals surface area contributed by atoms with E-state index >= 15 is 0 Å². The molecule has 0 amide bonds. The summed E-state index contributed by atoms with van der Waals surface area (Å²) in [6.45, 7) is 0. The Morgan fingerprint density at radius 1 is 1.05 bits per heavy atom. The highest BCUT2D eigenvalue weighted by Crippen LogP contribution is 2.33. The molecule has 21 heavy (non-hydrogen) atoms. The van der Waals surface area contributed by atoms with E-state index in [4.69, 9.17) is 10.2 Å². The molecule has 3 aromatic rings. The zero-order valence-corrected chi connectivity index (χ0v) is 11.9. The van der Waals surface area contributed by atoms with E-state index in [1.165, 1.54) is 23.4 Å². The second-order valence-corrected chi connectivity index (χ2v) is 5.31. The number of benzene rings is 2. The lowest BCUT2D eigenvalue weighted by atomic mass is 10.1. The molecule has 0 aliphatic heterocycles. The topological polar surface area (TPSA) is 85.2 Å². The Bertz CT molecular complexity index is 744. The van der Waals surface area contributed by atoms with E-state index in [0.717, 1.165) is 5.75 Å². The van der Waals surface area contributed by atoms with Crippen LogP contribution in [0.15, 0.2) is 58.2 Å². The lowest BCUT2D eigenvalue weighted by Gasteiger charge is -2.02. The third-order valence-corrected chi connectivity index (χ3v) is 3.81. The van der Waals surface area contributed by atoms with Crippen LogP contribution in [0.5, 0.6) is 5.75 Å². The fourth-order valence-electron chi connectivity index (χ4n) is 1.84. The number of aromatic nitrogens is 2. The number of para-hydroxylation sites is 1. The third kappa shape index (κ3) is 3.00. The first kappa shape index (κ1) is 13.5. The Hall–Kier alpha value is -2.47. The number of anilines is 1. The van der Waals surface area contributed by atoms with Crippen LogP contribution in [0.1, 0.15) is 5.56 Å². The van der Waals surface area contributed by atoms with Crippen molar-refractivity contribution in [2.75, 3.05) is 5.73 Å². The van der Waals surface area contributed by atoms with Gasteiger partial charge in [0.25, 0.3) is 11.1 Å². The number of thioether (sulfide) groups is 1. The number of hydrogen-bond acceptors (Lipinski definition) is 6. The number of nitrogens with zero attached hydrogens (tertiary/aromatic N) is 2. The van der Waals surface area contributed by atoms with Crippen LogP contribution in [-0.4, -0.2) is 15.3 Å². The number of nitrogens with two attached hydrogens (primary N) is 1. The van der Waals surface area contributed by atoms with Crippen molar-refractivity contribution >= 4 is 17.4 Å². The van der Waals surface area contributed by atoms with Gasteiger partial charge in [0, 0.05) is 5.75 Å². The van der Waals surface area contributed by atoms with Gasteiger partial charge in [-0.25, -0.2) is 0 Å². The molecule has 0 aliphatic rings. The SMILES string of the molecule is Nc1c(O)cccc1-c1nnc(SCc2ccccc2)o1. The first-order chi connectivity index (χ1) is 10.2. The zero-order chi connectivity index (χ0) is 14.7. The third-order valence-electron chi connectivity index (χ3n) is 2.93. The Labute approximate surface area is 125 Å². The lowest BCUT2D eigenvalue weighted by molar-refractivity contribution is 0.463. The van der Waals surface area contributed by atoms with Crippen LogP contribution in [0.2, 0.25) is 0 Å². The molecule has 3 N–H and O–H groups in total. The maximum atomic E-state index is 9.60. The molecule has 0 fully saturated rings. The van der Waals surface area contributed by atoms with Crippen LogP contribution in [0, 0.1) is 0 Å². The van der Waals surface area contributed by atoms with Gasteiger partial charge >= 0.3 is 0 Å². The van der Waals surface area contributed by atoms with Gasteiger partial charge in [-0.1, -0.05) is 48.2 Å². The normalized spacial score (nSPS) is 10.7. The number of rotatable bonds is 4. The Morgan fingerprint density at radius 3 is 2.67 bits per heavy atom. The van der Waals surface area contributed by atoms with Gasteiger partial charge in [-0.15, -0.1) is 10.2 Å². The number of nitrogen functional groups attached to an aromatic ring is 1. The summed E-state index contributed by atoms with van der Waals surface area (Å²) in [6.07, 6.45) is 0. The molecule has 3 rings (SSSR count). The summed E-state index contributed by atoms with van der Waals surface area (Å²) < 4.78 is 5.58. The fourth-order valence-corrected chi connectivity index (χ4v) is 2.55. The fraction of sp³-hybridized carbons (Fsp3) is 0.0667. The van der Waals surface area contributed by atoms with E-state index in [1.807, 2.05) is 30.3 Å². The summed E-state index contributed by atoms with van der Waals surface area (Å²) in [7, 11) is 0. The van der Waals surface area contributed by atoms with E-state index in [2.05, 4.69) is 10.2 Å². The molecule has 0 bridgehead atoms. The standard InChI is InChI=1S/C15H13N3O2S/c16-13-11(7-4-8-12(13)19)14-17-18-15(20-14)21-9-10-5-2-1-3-6-10/h1-8,19H,9,16H2. The van der Waals surface area contributed by atoms with Gasteiger partial charge in [0.05, 0.1) is 11.3 Å². The quantitative estimate of drug-likeness (QED) is 0.437. The highest BCUT2D eigenvalue weighted by atomic mass is 32.2. The minimum absolute atomic E-state index is 0.00388. The second-order valence-electron chi connectivity index (χ2n) is 4.39. The lowest BCUT2D eigenvalue weighted by Crippen LogP contribution is -1.90. The number of aromatic hydroxyl groups is 1. The summed E-state index contributed by atoms with van der Waals surface area (Å²) in [6, 6.07) is 15.0. The van der Waals surface area contributed by atoms with Crippen LogP contribution in [-0.2, 0) is 5.75 Å². The van der Waals surface area contributed by atoms with E-state index in [1.54, 1.807) is 12.1 Å². The summed E-state index contributed by atoms with van der Waals surface area (Å²) >= 11 is 1.46. The van der Waals surface area contributed by atoms with Crippen molar-refractivity contribution in [2.45, 2.75) is 11.0 Å². The molecular weight excluding hydrogens is 286 g/mol. The maximum Gasteiger partial charge on any atom is 0.277 e. The van der Waals surface area contributed by atoms with Crippen molar-refractivity contribution in [3.05, 3.63) is 54.1 Å². The van der Waals surface area contributed by atoms with E-state index in [9.17, 15) is 5.11 Å². The molecule has 6 heteroatoms. The molecule has 0 atom stereocenters. The molecule has 106 valence electrons. The molecule has 0 aliphatic carbocycles. The van der Waals surface area contributed by atoms with E-state index in [-0.39, 0.29) is 11.4 Å². The molecule has 0 spiro atoms. The smallest absolute Gasteiger partial charge is 0.277 e. The summed E-state index contributed by atoms with van der Waals surface area (Å²) in [5.74, 6) is 1.06. The van der Waals surface area contributed by atoms with Gasteiger partial charge in [-0.3, -0.25) is 0 Å². The Balaban J connectivity index is 1.76. The van der Waals surface area contributed by atoms with Gasteiger partial charge < -0.3 is 15.3 Å². The molecule has 0 unspecified atom stereocenters. The van der Waals surface area contributed by atoms with E-state index < -0.39 is 0 Å². The first-order valence-electron chi connectivity index (χ1n) is 6.32. The van der Waals surface area contributed by atoms with Crippen LogP contribution in [0.3, 0.4) is 0 Å². The molecule has 0 saturated heterocycles. The molecule has 1 heterocycles. The van der Waals surface area contributed by atoms with Gasteiger partial charge in [0.15, 0.2) is 0 Å². The van der Waals surface area contributed by atoms with Gasteiger partial charge in [-0.2, -0.15) is 0 Å². The summed E-state index contributed by atoms with van der Waals surface area (Å²) in [4.78, 5) is 0. The second kappa shape index (κ2) is 5.88. The molecule has 0 radical (unpaired) electrons. The molecule has 1 aromatic heterocycles. The van der Waals surface area contributed by atoms with E-state index in [0.29, 0.717) is 16.7 Å². The van der Waals surface area contributed by atoms with Crippen molar-refractivity contribution in [1.82, 2.24) is 10.2 Å². The van der Waals surface area contributed by atoms with Crippen molar-refractivity contribution in [1.29, 1.82) is 0 Å². The number of phenols is 1. The minimum Gasteiger partial charge on any atom is -0.506 e. The monoisotopic (exact) mass is 299 g/mol. The van der Waals surface area contributed by atoms with Crippen molar-refractivity contribution in [3.63, 3.8) is 0 Å². The Morgan fingerprint density at radius 2 is 1.86 bits per heavy atom. The molecule has 5 nitrogen and oxygen atoms in total. The van der Waals surface area contributed by atoms with Crippen LogP contribution >= 0.6 is 11.8 Å². The average molecular weight is 299 g/mol. The van der Waals surface area contributed by atoms with Crippen LogP contribution in [0.4, 0.5) is 5.69 Å². The predicted octanol–water partition coefficient (Wildman–Crippen LogP) is 3.32. The first-order valence-corrected chi connectivity index (χ1v) is 7.30. The van der Waals surface area contributed by atoms with Crippen molar-refractivity contribution in [2.24, 2.45) is 0 Å².